The van der Waals surface area contributed by atoms with Crippen LogP contribution in [0.1, 0.15) is 5.56 Å². The van der Waals surface area contributed by atoms with Crippen LogP contribution < -0.4 is 0 Å². The fourth-order valence-corrected chi connectivity index (χ4v) is 7.70. The Morgan fingerprint density at radius 1 is 0.415 bits per heavy atom. The largest absolute Gasteiger partial charge is 0.436 e. The van der Waals surface area contributed by atoms with Gasteiger partial charge in [-0.15, -0.1) is 0 Å². The topological polar surface area (TPSA) is 31.0 Å². The molecule has 0 fully saturated rings. The van der Waals surface area contributed by atoms with Gasteiger partial charge < -0.3 is 8.98 Å². The molecule has 0 amide bonds. The lowest BCUT2D eigenvalue weighted by Crippen LogP contribution is -1.93. The standard InChI is InChI=1S/C50H34N2O/c1-33-19-21-34(22-20-33)37-28-30-49-46(32-37)51-50(53-49)36-25-23-35(24-26-36)40-13-5-7-15-42(40)43-16-8-6-14-41(43)38-27-29-48-45(31-38)44-17-9-10-18-47(44)52(48)39-11-3-2-4-12-39/h2-32H,1H3. The van der Waals surface area contributed by atoms with E-state index in [-0.39, 0.29) is 0 Å². The van der Waals surface area contributed by atoms with E-state index >= 15 is 0 Å². The number of aryl methyl sites for hydroxylation is 1. The number of aromatic nitrogens is 2. The van der Waals surface area contributed by atoms with Gasteiger partial charge in [-0.1, -0.05) is 139 Å². The van der Waals surface area contributed by atoms with Crippen molar-refractivity contribution < 1.29 is 4.42 Å². The molecule has 10 rings (SSSR count). The molecule has 250 valence electrons. The second-order valence-corrected chi connectivity index (χ2v) is 13.7. The molecular formula is C50H34N2O. The lowest BCUT2D eigenvalue weighted by molar-refractivity contribution is 0.620. The van der Waals surface area contributed by atoms with E-state index in [1.165, 1.54) is 60.8 Å². The molecule has 0 aliphatic heterocycles. The Morgan fingerprint density at radius 2 is 0.981 bits per heavy atom. The maximum atomic E-state index is 6.24. The minimum absolute atomic E-state index is 0.621. The van der Waals surface area contributed by atoms with Crippen molar-refractivity contribution in [2.24, 2.45) is 0 Å². The van der Waals surface area contributed by atoms with Gasteiger partial charge in [0.15, 0.2) is 5.58 Å². The van der Waals surface area contributed by atoms with E-state index in [1.807, 2.05) is 6.07 Å². The summed E-state index contributed by atoms with van der Waals surface area (Å²) in [6.45, 7) is 2.10. The average Bonchev–Trinajstić information content (AvgIpc) is 3.80. The Balaban J connectivity index is 1.01. The first-order valence-electron chi connectivity index (χ1n) is 18.0. The summed E-state index contributed by atoms with van der Waals surface area (Å²) in [6, 6.07) is 67.0. The number of benzene rings is 8. The number of hydrogen-bond donors (Lipinski definition) is 0. The number of oxazole rings is 1. The third-order valence-corrected chi connectivity index (χ3v) is 10.4. The molecular weight excluding hydrogens is 645 g/mol. The molecule has 3 heteroatoms. The third-order valence-electron chi connectivity index (χ3n) is 10.4. The van der Waals surface area contributed by atoms with Gasteiger partial charge in [0.2, 0.25) is 5.89 Å². The maximum absolute atomic E-state index is 6.24. The zero-order chi connectivity index (χ0) is 35.3. The van der Waals surface area contributed by atoms with Crippen LogP contribution >= 0.6 is 0 Å². The summed E-state index contributed by atoms with van der Waals surface area (Å²) in [5, 5.41) is 2.49. The average molecular weight is 679 g/mol. The fraction of sp³-hybridized carbons (Fsp3) is 0.0200. The van der Waals surface area contributed by atoms with E-state index in [0.717, 1.165) is 33.5 Å². The van der Waals surface area contributed by atoms with Crippen molar-refractivity contribution >= 4 is 32.9 Å². The highest BCUT2D eigenvalue weighted by Gasteiger charge is 2.17. The summed E-state index contributed by atoms with van der Waals surface area (Å²) >= 11 is 0. The molecule has 3 nitrogen and oxygen atoms in total. The second kappa shape index (κ2) is 12.7. The van der Waals surface area contributed by atoms with Crippen LogP contribution in [0.25, 0.3) is 94.6 Å². The lowest BCUT2D eigenvalue weighted by atomic mass is 9.89. The molecule has 0 saturated heterocycles. The van der Waals surface area contributed by atoms with Gasteiger partial charge in [-0.25, -0.2) is 4.98 Å². The van der Waals surface area contributed by atoms with Crippen LogP contribution in [0.4, 0.5) is 0 Å². The first-order chi connectivity index (χ1) is 26.2. The molecule has 0 bridgehead atoms. The second-order valence-electron chi connectivity index (χ2n) is 13.7. The van der Waals surface area contributed by atoms with Crippen molar-refractivity contribution in [2.75, 3.05) is 0 Å². The van der Waals surface area contributed by atoms with Crippen molar-refractivity contribution in [1.29, 1.82) is 0 Å². The smallest absolute Gasteiger partial charge is 0.227 e. The van der Waals surface area contributed by atoms with Crippen molar-refractivity contribution in [3.05, 3.63) is 194 Å². The first-order valence-corrected chi connectivity index (χ1v) is 18.0. The number of para-hydroxylation sites is 2. The zero-order valence-corrected chi connectivity index (χ0v) is 29.2. The fourth-order valence-electron chi connectivity index (χ4n) is 7.70. The summed E-state index contributed by atoms with van der Waals surface area (Å²) in [7, 11) is 0. The quantitative estimate of drug-likeness (QED) is 0.175. The molecule has 0 N–H and O–H groups in total. The Morgan fingerprint density at radius 3 is 1.74 bits per heavy atom. The zero-order valence-electron chi connectivity index (χ0n) is 29.2. The molecule has 10 aromatic rings. The van der Waals surface area contributed by atoms with Gasteiger partial charge in [0.25, 0.3) is 0 Å². The predicted octanol–water partition coefficient (Wildman–Crippen LogP) is 13.6. The molecule has 0 unspecified atom stereocenters. The first kappa shape index (κ1) is 30.8. The van der Waals surface area contributed by atoms with E-state index in [4.69, 9.17) is 9.40 Å². The van der Waals surface area contributed by atoms with Crippen molar-refractivity contribution in [1.82, 2.24) is 9.55 Å². The minimum atomic E-state index is 0.621. The summed E-state index contributed by atoms with van der Waals surface area (Å²) in [5.41, 5.74) is 16.8. The minimum Gasteiger partial charge on any atom is -0.436 e. The van der Waals surface area contributed by atoms with Gasteiger partial charge in [0.1, 0.15) is 5.52 Å². The summed E-state index contributed by atoms with van der Waals surface area (Å²) < 4.78 is 8.60. The Hall–Kier alpha value is -6.97. The highest BCUT2D eigenvalue weighted by Crippen LogP contribution is 2.41. The summed E-state index contributed by atoms with van der Waals surface area (Å²) in [5.74, 6) is 0.621. The van der Waals surface area contributed by atoms with Gasteiger partial charge in [0, 0.05) is 22.0 Å². The van der Waals surface area contributed by atoms with Crippen LogP contribution in [0.15, 0.2) is 192 Å². The summed E-state index contributed by atoms with van der Waals surface area (Å²) in [6.07, 6.45) is 0. The number of rotatable bonds is 6. The number of nitrogens with zero attached hydrogens (tertiary/aromatic N) is 2. The van der Waals surface area contributed by atoms with Crippen molar-refractivity contribution in [3.8, 4) is 61.6 Å². The molecule has 0 saturated carbocycles. The van der Waals surface area contributed by atoms with Gasteiger partial charge >= 0.3 is 0 Å². The highest BCUT2D eigenvalue weighted by molar-refractivity contribution is 6.11. The monoisotopic (exact) mass is 678 g/mol. The van der Waals surface area contributed by atoms with Crippen LogP contribution in [0.2, 0.25) is 0 Å². The molecule has 0 spiro atoms. The van der Waals surface area contributed by atoms with Crippen LogP contribution in [-0.2, 0) is 0 Å². The molecule has 0 atom stereocenters. The Kier molecular flexibility index (Phi) is 7.36. The van der Waals surface area contributed by atoms with Crippen molar-refractivity contribution in [3.63, 3.8) is 0 Å². The normalized spacial score (nSPS) is 11.5. The van der Waals surface area contributed by atoms with Crippen LogP contribution in [-0.4, -0.2) is 9.55 Å². The van der Waals surface area contributed by atoms with E-state index in [9.17, 15) is 0 Å². The van der Waals surface area contributed by atoms with E-state index in [0.29, 0.717) is 5.89 Å². The Labute approximate surface area is 308 Å². The number of fused-ring (bicyclic) bond motifs is 4. The molecule has 2 aromatic heterocycles. The van der Waals surface area contributed by atoms with Crippen LogP contribution in [0.3, 0.4) is 0 Å². The van der Waals surface area contributed by atoms with Gasteiger partial charge in [-0.2, -0.15) is 0 Å². The van der Waals surface area contributed by atoms with E-state index in [2.05, 4.69) is 193 Å². The molecule has 0 aliphatic carbocycles. The Bertz CT molecular complexity index is 2930. The van der Waals surface area contributed by atoms with Gasteiger partial charge in [-0.05, 0) is 106 Å². The molecule has 8 aromatic carbocycles. The third kappa shape index (κ3) is 5.42. The highest BCUT2D eigenvalue weighted by atomic mass is 16.3. The SMILES string of the molecule is Cc1ccc(-c2ccc3oc(-c4ccc(-c5ccccc5-c5ccccc5-c5ccc6c(c5)c5ccccc5n6-c5ccccc5)cc4)nc3c2)cc1. The molecule has 0 aliphatic rings. The lowest BCUT2D eigenvalue weighted by Gasteiger charge is -2.15. The maximum Gasteiger partial charge on any atom is 0.227 e. The van der Waals surface area contributed by atoms with Gasteiger partial charge in [0.05, 0.1) is 11.0 Å². The molecule has 0 radical (unpaired) electrons. The van der Waals surface area contributed by atoms with Crippen molar-refractivity contribution in [2.45, 2.75) is 6.92 Å². The predicted molar refractivity (Wildman–Crippen MR) is 220 cm³/mol. The number of hydrogen-bond acceptors (Lipinski definition) is 2. The van der Waals surface area contributed by atoms with Crippen LogP contribution in [0.5, 0.6) is 0 Å². The molecule has 2 heterocycles. The van der Waals surface area contributed by atoms with Gasteiger partial charge in [-0.3, -0.25) is 0 Å². The van der Waals surface area contributed by atoms with E-state index in [1.54, 1.807) is 0 Å². The van der Waals surface area contributed by atoms with E-state index < -0.39 is 0 Å². The van der Waals surface area contributed by atoms with Crippen LogP contribution in [0, 0.1) is 6.92 Å². The summed E-state index contributed by atoms with van der Waals surface area (Å²) in [4.78, 5) is 4.89. The molecule has 53 heavy (non-hydrogen) atoms.